The first kappa shape index (κ1) is 12.7. The smallest absolute Gasteiger partial charge is 0.220 e. The van der Waals surface area contributed by atoms with E-state index in [1.165, 1.54) is 0 Å². The van der Waals surface area contributed by atoms with Crippen molar-refractivity contribution in [3.8, 4) is 0 Å². The molecule has 1 aliphatic rings. The SMILES string of the molecule is NC(=O)C1CCN(c2ccc3cc(N)ccc3n2)CC1. The largest absolute Gasteiger partial charge is 0.399 e. The molecule has 1 amide bonds. The second-order valence-electron chi connectivity index (χ2n) is 5.29. The molecule has 104 valence electrons. The predicted octanol–water partition coefficient (Wildman–Crippen LogP) is 1.52. The maximum absolute atomic E-state index is 11.2. The summed E-state index contributed by atoms with van der Waals surface area (Å²) in [6.07, 6.45) is 1.60. The average molecular weight is 270 g/mol. The lowest BCUT2D eigenvalue weighted by Crippen LogP contribution is -2.38. The van der Waals surface area contributed by atoms with Crippen LogP contribution >= 0.6 is 0 Å². The van der Waals surface area contributed by atoms with Crippen molar-refractivity contribution in [1.82, 2.24) is 4.98 Å². The third kappa shape index (κ3) is 2.39. The Morgan fingerprint density at radius 2 is 1.95 bits per heavy atom. The van der Waals surface area contributed by atoms with E-state index in [0.29, 0.717) is 0 Å². The zero-order valence-electron chi connectivity index (χ0n) is 11.2. The van der Waals surface area contributed by atoms with E-state index in [1.807, 2.05) is 30.3 Å². The number of fused-ring (bicyclic) bond motifs is 1. The van der Waals surface area contributed by atoms with Gasteiger partial charge < -0.3 is 16.4 Å². The van der Waals surface area contributed by atoms with Crippen LogP contribution in [0, 0.1) is 5.92 Å². The number of nitrogens with two attached hydrogens (primary N) is 2. The molecule has 0 unspecified atom stereocenters. The zero-order valence-corrected chi connectivity index (χ0v) is 11.2. The molecule has 3 rings (SSSR count). The second kappa shape index (κ2) is 5.00. The van der Waals surface area contributed by atoms with E-state index in [0.717, 1.165) is 48.3 Å². The molecule has 0 bridgehead atoms. The van der Waals surface area contributed by atoms with Crippen LogP contribution in [0.25, 0.3) is 10.9 Å². The number of pyridine rings is 1. The van der Waals surface area contributed by atoms with Crippen molar-refractivity contribution < 1.29 is 4.79 Å². The number of primary amides is 1. The summed E-state index contributed by atoms with van der Waals surface area (Å²) in [5.41, 5.74) is 12.8. The van der Waals surface area contributed by atoms with Gasteiger partial charge in [0.15, 0.2) is 0 Å². The molecule has 5 heteroatoms. The summed E-state index contributed by atoms with van der Waals surface area (Å²) in [6.45, 7) is 1.64. The van der Waals surface area contributed by atoms with Gasteiger partial charge in [-0.25, -0.2) is 4.98 Å². The van der Waals surface area contributed by atoms with Gasteiger partial charge in [-0.2, -0.15) is 0 Å². The topological polar surface area (TPSA) is 85.2 Å². The summed E-state index contributed by atoms with van der Waals surface area (Å²) >= 11 is 0. The van der Waals surface area contributed by atoms with Gasteiger partial charge in [0.2, 0.25) is 5.91 Å². The summed E-state index contributed by atoms with van der Waals surface area (Å²) in [6, 6.07) is 9.76. The zero-order chi connectivity index (χ0) is 14.1. The lowest BCUT2D eigenvalue weighted by atomic mass is 9.96. The van der Waals surface area contributed by atoms with Crippen molar-refractivity contribution in [2.24, 2.45) is 11.7 Å². The molecule has 1 fully saturated rings. The molecule has 2 aromatic rings. The van der Waals surface area contributed by atoms with Crippen molar-refractivity contribution in [3.63, 3.8) is 0 Å². The highest BCUT2D eigenvalue weighted by Gasteiger charge is 2.23. The lowest BCUT2D eigenvalue weighted by Gasteiger charge is -2.31. The summed E-state index contributed by atoms with van der Waals surface area (Å²) in [4.78, 5) is 18.0. The van der Waals surface area contributed by atoms with Crippen LogP contribution in [-0.4, -0.2) is 24.0 Å². The van der Waals surface area contributed by atoms with Crippen LogP contribution < -0.4 is 16.4 Å². The molecule has 4 N–H and O–H groups in total. The fourth-order valence-electron chi connectivity index (χ4n) is 2.70. The highest BCUT2D eigenvalue weighted by molar-refractivity contribution is 5.83. The number of piperidine rings is 1. The number of aromatic nitrogens is 1. The van der Waals surface area contributed by atoms with Crippen LogP contribution in [0.5, 0.6) is 0 Å². The lowest BCUT2D eigenvalue weighted by molar-refractivity contribution is -0.122. The summed E-state index contributed by atoms with van der Waals surface area (Å²) in [7, 11) is 0. The number of rotatable bonds is 2. The number of hydrogen-bond acceptors (Lipinski definition) is 4. The van der Waals surface area contributed by atoms with Gasteiger partial charge in [0, 0.05) is 30.1 Å². The molecule has 0 atom stereocenters. The van der Waals surface area contributed by atoms with E-state index in [9.17, 15) is 4.79 Å². The Hall–Kier alpha value is -2.30. The first-order valence-electron chi connectivity index (χ1n) is 6.84. The first-order chi connectivity index (χ1) is 9.63. The highest BCUT2D eigenvalue weighted by Crippen LogP contribution is 2.24. The molecule has 20 heavy (non-hydrogen) atoms. The van der Waals surface area contributed by atoms with Crippen LogP contribution in [-0.2, 0) is 4.79 Å². The van der Waals surface area contributed by atoms with Gasteiger partial charge in [0.05, 0.1) is 5.52 Å². The molecule has 1 saturated heterocycles. The van der Waals surface area contributed by atoms with Gasteiger partial charge in [0.1, 0.15) is 5.82 Å². The Labute approximate surface area is 117 Å². The highest BCUT2D eigenvalue weighted by atomic mass is 16.1. The Morgan fingerprint density at radius 3 is 2.65 bits per heavy atom. The van der Waals surface area contributed by atoms with Crippen molar-refractivity contribution in [2.75, 3.05) is 23.7 Å². The van der Waals surface area contributed by atoms with Gasteiger partial charge in [-0.1, -0.05) is 0 Å². The third-order valence-electron chi connectivity index (χ3n) is 3.92. The van der Waals surface area contributed by atoms with E-state index in [-0.39, 0.29) is 11.8 Å². The normalized spacial score (nSPS) is 16.5. The molecular formula is C15H18N4O. The maximum atomic E-state index is 11.2. The number of amides is 1. The van der Waals surface area contributed by atoms with Gasteiger partial charge >= 0.3 is 0 Å². The molecule has 0 radical (unpaired) electrons. The van der Waals surface area contributed by atoms with Gasteiger partial charge in [-0.05, 0) is 43.2 Å². The van der Waals surface area contributed by atoms with E-state index < -0.39 is 0 Å². The van der Waals surface area contributed by atoms with Crippen LogP contribution in [0.4, 0.5) is 11.5 Å². The molecule has 5 nitrogen and oxygen atoms in total. The number of hydrogen-bond donors (Lipinski definition) is 2. The standard InChI is InChI=1S/C15H18N4O/c16-12-2-3-13-11(9-12)1-4-14(18-13)19-7-5-10(6-8-19)15(17)20/h1-4,9-10H,5-8,16H2,(H2,17,20). The minimum atomic E-state index is -0.188. The monoisotopic (exact) mass is 270 g/mol. The van der Waals surface area contributed by atoms with Gasteiger partial charge in [0.25, 0.3) is 0 Å². The van der Waals surface area contributed by atoms with Gasteiger partial charge in [-0.15, -0.1) is 0 Å². The number of carbonyl (C=O) groups excluding carboxylic acids is 1. The number of anilines is 2. The fraction of sp³-hybridized carbons (Fsp3) is 0.333. The minimum Gasteiger partial charge on any atom is -0.399 e. The number of benzene rings is 1. The van der Waals surface area contributed by atoms with Crippen molar-refractivity contribution in [2.45, 2.75) is 12.8 Å². The molecule has 1 aromatic heterocycles. The number of nitrogen functional groups attached to an aromatic ring is 1. The van der Waals surface area contributed by atoms with Crippen LogP contribution in [0.1, 0.15) is 12.8 Å². The quantitative estimate of drug-likeness (QED) is 0.810. The second-order valence-corrected chi connectivity index (χ2v) is 5.29. The van der Waals surface area contributed by atoms with E-state index in [2.05, 4.69) is 9.88 Å². The molecule has 0 aliphatic carbocycles. The molecular weight excluding hydrogens is 252 g/mol. The molecule has 2 heterocycles. The van der Waals surface area contributed by atoms with E-state index >= 15 is 0 Å². The molecule has 0 saturated carbocycles. The molecule has 0 spiro atoms. The van der Waals surface area contributed by atoms with Crippen molar-refractivity contribution >= 4 is 28.3 Å². The Bertz CT molecular complexity index is 647. The van der Waals surface area contributed by atoms with Crippen LogP contribution in [0.3, 0.4) is 0 Å². The number of carbonyl (C=O) groups is 1. The van der Waals surface area contributed by atoms with Crippen molar-refractivity contribution in [1.29, 1.82) is 0 Å². The van der Waals surface area contributed by atoms with Crippen molar-refractivity contribution in [3.05, 3.63) is 30.3 Å². The number of nitrogens with zero attached hydrogens (tertiary/aromatic N) is 2. The Balaban J connectivity index is 1.81. The Kier molecular flexibility index (Phi) is 3.18. The third-order valence-corrected chi connectivity index (χ3v) is 3.92. The van der Waals surface area contributed by atoms with E-state index in [1.54, 1.807) is 0 Å². The molecule has 1 aromatic carbocycles. The van der Waals surface area contributed by atoms with Crippen LogP contribution in [0.15, 0.2) is 30.3 Å². The molecule has 1 aliphatic heterocycles. The van der Waals surface area contributed by atoms with E-state index in [4.69, 9.17) is 11.5 Å². The Morgan fingerprint density at radius 1 is 1.20 bits per heavy atom. The van der Waals surface area contributed by atoms with Crippen LogP contribution in [0.2, 0.25) is 0 Å². The summed E-state index contributed by atoms with van der Waals surface area (Å²) in [5, 5.41) is 1.04. The fourth-order valence-corrected chi connectivity index (χ4v) is 2.70. The summed E-state index contributed by atoms with van der Waals surface area (Å²) < 4.78 is 0. The maximum Gasteiger partial charge on any atom is 0.220 e. The minimum absolute atomic E-state index is 0.00602. The average Bonchev–Trinajstić information content (AvgIpc) is 2.47. The first-order valence-corrected chi connectivity index (χ1v) is 6.84. The predicted molar refractivity (Wildman–Crippen MR) is 80.3 cm³/mol. The summed E-state index contributed by atoms with van der Waals surface area (Å²) in [5.74, 6) is 0.767. The van der Waals surface area contributed by atoms with Gasteiger partial charge in [-0.3, -0.25) is 4.79 Å².